The van der Waals surface area contributed by atoms with E-state index in [0.29, 0.717) is 5.69 Å². The molecule has 0 atom stereocenters. The van der Waals surface area contributed by atoms with Crippen molar-refractivity contribution in [1.82, 2.24) is 15.0 Å². The minimum Gasteiger partial charge on any atom is -0.461 e. The Morgan fingerprint density at radius 1 is 1.30 bits per heavy atom. The van der Waals surface area contributed by atoms with Crippen molar-refractivity contribution < 1.29 is 22.7 Å². The fourth-order valence-corrected chi connectivity index (χ4v) is 1.49. The first kappa shape index (κ1) is 14.0. The molecule has 5 nitrogen and oxygen atoms in total. The molecular formula is C12H10F3N3O2. The Hall–Kier alpha value is -2.38. The summed E-state index contributed by atoms with van der Waals surface area (Å²) in [5.74, 6) is -0.634. The maximum atomic E-state index is 12.4. The molecule has 0 aliphatic carbocycles. The SMILES string of the molecule is CCOC(=O)c1cn(-c2ccc(C(F)(F)F)cc2)nn1. The molecule has 0 bridgehead atoms. The Labute approximate surface area is 112 Å². The highest BCUT2D eigenvalue weighted by Crippen LogP contribution is 2.29. The van der Waals surface area contributed by atoms with E-state index in [-0.39, 0.29) is 12.3 Å². The monoisotopic (exact) mass is 285 g/mol. The van der Waals surface area contributed by atoms with Crippen molar-refractivity contribution in [1.29, 1.82) is 0 Å². The summed E-state index contributed by atoms with van der Waals surface area (Å²) >= 11 is 0. The van der Waals surface area contributed by atoms with Gasteiger partial charge in [0.25, 0.3) is 0 Å². The van der Waals surface area contributed by atoms with Crippen LogP contribution in [0.1, 0.15) is 23.0 Å². The van der Waals surface area contributed by atoms with Crippen LogP contribution in [0.25, 0.3) is 5.69 Å². The van der Waals surface area contributed by atoms with Crippen molar-refractivity contribution in [3.63, 3.8) is 0 Å². The number of benzene rings is 1. The molecule has 2 aromatic rings. The molecule has 0 saturated carbocycles. The zero-order valence-electron chi connectivity index (χ0n) is 10.4. The molecule has 0 fully saturated rings. The average molecular weight is 285 g/mol. The fourth-order valence-electron chi connectivity index (χ4n) is 1.49. The minimum atomic E-state index is -4.39. The molecule has 2 rings (SSSR count). The van der Waals surface area contributed by atoms with Gasteiger partial charge in [0.05, 0.1) is 24.1 Å². The van der Waals surface area contributed by atoms with Gasteiger partial charge in [-0.2, -0.15) is 13.2 Å². The lowest BCUT2D eigenvalue weighted by atomic mass is 10.2. The Morgan fingerprint density at radius 2 is 1.95 bits per heavy atom. The molecule has 8 heteroatoms. The van der Waals surface area contributed by atoms with Gasteiger partial charge in [0.15, 0.2) is 5.69 Å². The minimum absolute atomic E-state index is 0.00764. The van der Waals surface area contributed by atoms with E-state index in [1.165, 1.54) is 23.0 Å². The van der Waals surface area contributed by atoms with E-state index in [1.807, 2.05) is 0 Å². The summed E-state index contributed by atoms with van der Waals surface area (Å²) in [7, 11) is 0. The molecule has 0 spiro atoms. The summed E-state index contributed by atoms with van der Waals surface area (Å²) in [4.78, 5) is 11.4. The van der Waals surface area contributed by atoms with E-state index >= 15 is 0 Å². The maximum Gasteiger partial charge on any atom is 0.416 e. The largest absolute Gasteiger partial charge is 0.461 e. The predicted molar refractivity (Wildman–Crippen MR) is 62.3 cm³/mol. The third kappa shape index (κ3) is 2.95. The second kappa shape index (κ2) is 5.32. The van der Waals surface area contributed by atoms with Gasteiger partial charge in [-0.25, -0.2) is 9.48 Å². The van der Waals surface area contributed by atoms with E-state index in [0.717, 1.165) is 12.1 Å². The number of hydrogen-bond acceptors (Lipinski definition) is 4. The third-order valence-corrected chi connectivity index (χ3v) is 2.44. The Morgan fingerprint density at radius 3 is 2.50 bits per heavy atom. The molecule has 0 aliphatic rings. The summed E-state index contributed by atoms with van der Waals surface area (Å²) in [5.41, 5.74) is -0.403. The normalized spacial score (nSPS) is 11.4. The first-order valence-corrected chi connectivity index (χ1v) is 5.69. The second-order valence-corrected chi connectivity index (χ2v) is 3.81. The highest BCUT2D eigenvalue weighted by molar-refractivity contribution is 5.86. The zero-order chi connectivity index (χ0) is 14.8. The molecular weight excluding hydrogens is 275 g/mol. The smallest absolute Gasteiger partial charge is 0.416 e. The van der Waals surface area contributed by atoms with Gasteiger partial charge >= 0.3 is 12.1 Å². The van der Waals surface area contributed by atoms with Crippen molar-refractivity contribution in [3.05, 3.63) is 41.7 Å². The number of alkyl halides is 3. The lowest BCUT2D eigenvalue weighted by Crippen LogP contribution is -2.05. The first-order chi connectivity index (χ1) is 9.41. The van der Waals surface area contributed by atoms with Crippen LogP contribution in [0.15, 0.2) is 30.5 Å². The van der Waals surface area contributed by atoms with Gasteiger partial charge in [0.2, 0.25) is 0 Å². The van der Waals surface area contributed by atoms with Gasteiger partial charge in [-0.05, 0) is 31.2 Å². The lowest BCUT2D eigenvalue weighted by Gasteiger charge is -2.07. The van der Waals surface area contributed by atoms with Crippen molar-refractivity contribution >= 4 is 5.97 Å². The molecule has 0 saturated heterocycles. The molecule has 106 valence electrons. The van der Waals surface area contributed by atoms with Crippen LogP contribution in [0.2, 0.25) is 0 Å². The number of esters is 1. The van der Waals surface area contributed by atoms with E-state index in [9.17, 15) is 18.0 Å². The number of halogens is 3. The highest BCUT2D eigenvalue weighted by atomic mass is 19.4. The number of hydrogen-bond donors (Lipinski definition) is 0. The molecule has 20 heavy (non-hydrogen) atoms. The number of ether oxygens (including phenoxy) is 1. The van der Waals surface area contributed by atoms with Gasteiger partial charge in [-0.15, -0.1) is 5.10 Å². The molecule has 1 aromatic carbocycles. The van der Waals surface area contributed by atoms with Crippen LogP contribution in [0.3, 0.4) is 0 Å². The number of nitrogens with zero attached hydrogens (tertiary/aromatic N) is 3. The fraction of sp³-hybridized carbons (Fsp3) is 0.250. The Balaban J connectivity index is 2.22. The molecule has 0 N–H and O–H groups in total. The van der Waals surface area contributed by atoms with E-state index in [1.54, 1.807) is 6.92 Å². The van der Waals surface area contributed by atoms with Gasteiger partial charge in [-0.1, -0.05) is 5.21 Å². The van der Waals surface area contributed by atoms with Crippen LogP contribution in [0, 0.1) is 0 Å². The van der Waals surface area contributed by atoms with Crippen LogP contribution in [0.5, 0.6) is 0 Å². The van der Waals surface area contributed by atoms with Crippen molar-refractivity contribution in [2.45, 2.75) is 13.1 Å². The molecule has 1 aromatic heterocycles. The van der Waals surface area contributed by atoms with Crippen LogP contribution in [-0.4, -0.2) is 27.6 Å². The summed E-state index contributed by atoms with van der Waals surface area (Å²) in [5, 5.41) is 7.26. The van der Waals surface area contributed by atoms with E-state index in [2.05, 4.69) is 10.3 Å². The Bertz CT molecular complexity index is 605. The first-order valence-electron chi connectivity index (χ1n) is 5.69. The summed E-state index contributed by atoms with van der Waals surface area (Å²) < 4.78 is 43.2. The van der Waals surface area contributed by atoms with Crippen LogP contribution in [0.4, 0.5) is 13.2 Å². The number of carbonyl (C=O) groups excluding carboxylic acids is 1. The van der Waals surface area contributed by atoms with Crippen LogP contribution >= 0.6 is 0 Å². The molecule has 1 heterocycles. The molecule has 0 aliphatic heterocycles. The second-order valence-electron chi connectivity index (χ2n) is 3.81. The number of carbonyl (C=O) groups is 1. The standard InChI is InChI=1S/C12H10F3N3O2/c1-2-20-11(19)10-7-18(17-16-10)9-5-3-8(4-6-9)12(13,14)15/h3-7H,2H2,1H3. The van der Waals surface area contributed by atoms with Gasteiger partial charge in [0, 0.05) is 0 Å². The summed E-state index contributed by atoms with van der Waals surface area (Å²) in [6, 6.07) is 4.35. The maximum absolute atomic E-state index is 12.4. The van der Waals surface area contributed by atoms with Gasteiger partial charge in [-0.3, -0.25) is 0 Å². The number of rotatable bonds is 3. The van der Waals surface area contributed by atoms with Crippen LogP contribution < -0.4 is 0 Å². The number of aromatic nitrogens is 3. The molecule has 0 unspecified atom stereocenters. The van der Waals surface area contributed by atoms with Gasteiger partial charge < -0.3 is 4.74 Å². The van der Waals surface area contributed by atoms with E-state index in [4.69, 9.17) is 4.74 Å². The topological polar surface area (TPSA) is 57.0 Å². The zero-order valence-corrected chi connectivity index (χ0v) is 10.4. The lowest BCUT2D eigenvalue weighted by molar-refractivity contribution is -0.137. The van der Waals surface area contributed by atoms with E-state index < -0.39 is 17.7 Å². The van der Waals surface area contributed by atoms with Crippen molar-refractivity contribution in [2.75, 3.05) is 6.61 Å². The average Bonchev–Trinajstić information content (AvgIpc) is 2.88. The van der Waals surface area contributed by atoms with Crippen LogP contribution in [-0.2, 0) is 10.9 Å². The van der Waals surface area contributed by atoms with Crippen molar-refractivity contribution in [2.24, 2.45) is 0 Å². The quantitative estimate of drug-likeness (QED) is 0.813. The molecule has 0 amide bonds. The third-order valence-electron chi connectivity index (χ3n) is 2.44. The predicted octanol–water partition coefficient (Wildman–Crippen LogP) is 2.46. The van der Waals surface area contributed by atoms with Gasteiger partial charge in [0.1, 0.15) is 0 Å². The Kier molecular flexibility index (Phi) is 3.73. The highest BCUT2D eigenvalue weighted by Gasteiger charge is 2.30. The summed E-state index contributed by atoms with van der Waals surface area (Å²) in [6.07, 6.45) is -3.10. The van der Waals surface area contributed by atoms with Crippen molar-refractivity contribution in [3.8, 4) is 5.69 Å². The summed E-state index contributed by atoms with van der Waals surface area (Å²) in [6.45, 7) is 1.85. The molecule has 0 radical (unpaired) electrons.